The Hall–Kier alpha value is -0.610. The van der Waals surface area contributed by atoms with E-state index in [9.17, 15) is 4.79 Å². The second kappa shape index (κ2) is 8.54. The first-order chi connectivity index (χ1) is 9.08. The van der Waals surface area contributed by atoms with Gasteiger partial charge in [0.15, 0.2) is 0 Å². The highest BCUT2D eigenvalue weighted by molar-refractivity contribution is 5.75. The van der Waals surface area contributed by atoms with E-state index in [2.05, 4.69) is 31.0 Å². The largest absolute Gasteiger partial charge is 0.468 e. The van der Waals surface area contributed by atoms with Crippen molar-refractivity contribution in [2.24, 2.45) is 5.92 Å². The third kappa shape index (κ3) is 6.39. The van der Waals surface area contributed by atoms with Gasteiger partial charge in [0.1, 0.15) is 6.04 Å². The number of carbonyl (C=O) groups is 1. The van der Waals surface area contributed by atoms with Crippen molar-refractivity contribution < 1.29 is 9.53 Å². The van der Waals surface area contributed by atoms with Crippen molar-refractivity contribution >= 4 is 5.97 Å². The van der Waals surface area contributed by atoms with Crippen LogP contribution in [0.1, 0.15) is 46.5 Å². The maximum absolute atomic E-state index is 11.8. The van der Waals surface area contributed by atoms with E-state index in [1.807, 2.05) is 0 Å². The Morgan fingerprint density at radius 1 is 1.42 bits per heavy atom. The fourth-order valence-electron chi connectivity index (χ4n) is 2.20. The van der Waals surface area contributed by atoms with E-state index in [-0.39, 0.29) is 12.0 Å². The van der Waals surface area contributed by atoms with Gasteiger partial charge in [-0.2, -0.15) is 0 Å². The first kappa shape index (κ1) is 16.4. The highest BCUT2D eigenvalue weighted by atomic mass is 16.5. The Kier molecular flexibility index (Phi) is 7.39. The molecule has 0 bridgehead atoms. The molecule has 112 valence electrons. The molecule has 0 aromatic rings. The molecule has 0 radical (unpaired) electrons. The highest BCUT2D eigenvalue weighted by Gasteiger charge is 2.32. The van der Waals surface area contributed by atoms with Crippen LogP contribution in [0, 0.1) is 5.92 Å². The van der Waals surface area contributed by atoms with E-state index in [0.717, 1.165) is 26.1 Å². The summed E-state index contributed by atoms with van der Waals surface area (Å²) in [7, 11) is 1.47. The second-order valence-electron chi connectivity index (χ2n) is 5.94. The summed E-state index contributed by atoms with van der Waals surface area (Å²) in [5, 5.41) is 3.30. The minimum atomic E-state index is -0.183. The van der Waals surface area contributed by atoms with Crippen molar-refractivity contribution in [2.75, 3.05) is 26.7 Å². The van der Waals surface area contributed by atoms with Gasteiger partial charge in [0.05, 0.1) is 7.11 Å². The molecule has 1 fully saturated rings. The average molecular weight is 270 g/mol. The molecule has 1 unspecified atom stereocenters. The molecule has 4 heteroatoms. The van der Waals surface area contributed by atoms with Gasteiger partial charge >= 0.3 is 5.97 Å². The number of hydrogen-bond donors (Lipinski definition) is 1. The monoisotopic (exact) mass is 270 g/mol. The van der Waals surface area contributed by atoms with Crippen molar-refractivity contribution in [3.63, 3.8) is 0 Å². The van der Waals surface area contributed by atoms with Gasteiger partial charge in [0.2, 0.25) is 0 Å². The van der Waals surface area contributed by atoms with E-state index in [0.29, 0.717) is 12.0 Å². The SMILES string of the molecule is CCCNC(CN(CCC(C)C)C1CC1)C(=O)OC. The predicted octanol–water partition coefficient (Wildman–Crippen LogP) is 2.04. The number of ether oxygens (including phenoxy) is 1. The van der Waals surface area contributed by atoms with Gasteiger partial charge in [0.25, 0.3) is 0 Å². The van der Waals surface area contributed by atoms with Gasteiger partial charge in [0, 0.05) is 12.6 Å². The number of rotatable bonds is 10. The predicted molar refractivity (Wildman–Crippen MR) is 78.1 cm³/mol. The summed E-state index contributed by atoms with van der Waals surface area (Å²) < 4.78 is 4.91. The van der Waals surface area contributed by atoms with Gasteiger partial charge in [-0.3, -0.25) is 9.69 Å². The molecule has 0 amide bonds. The van der Waals surface area contributed by atoms with E-state index < -0.39 is 0 Å². The molecular weight excluding hydrogens is 240 g/mol. The summed E-state index contributed by atoms with van der Waals surface area (Å²) in [5.41, 5.74) is 0. The summed E-state index contributed by atoms with van der Waals surface area (Å²) in [6.45, 7) is 9.34. The van der Waals surface area contributed by atoms with Crippen LogP contribution in [0.3, 0.4) is 0 Å². The lowest BCUT2D eigenvalue weighted by Crippen LogP contribution is -2.48. The van der Waals surface area contributed by atoms with Gasteiger partial charge < -0.3 is 10.1 Å². The summed E-state index contributed by atoms with van der Waals surface area (Å²) in [4.78, 5) is 14.3. The van der Waals surface area contributed by atoms with E-state index in [1.54, 1.807) is 0 Å². The molecule has 0 heterocycles. The lowest BCUT2D eigenvalue weighted by molar-refractivity contribution is -0.143. The summed E-state index contributed by atoms with van der Waals surface area (Å²) in [6, 6.07) is 0.507. The first-order valence-electron chi connectivity index (χ1n) is 7.63. The maximum Gasteiger partial charge on any atom is 0.324 e. The van der Waals surface area contributed by atoms with Gasteiger partial charge in [-0.25, -0.2) is 0 Å². The number of nitrogens with one attached hydrogen (secondary N) is 1. The van der Waals surface area contributed by atoms with E-state index >= 15 is 0 Å². The Bertz CT molecular complexity index is 265. The summed E-state index contributed by atoms with van der Waals surface area (Å²) >= 11 is 0. The van der Waals surface area contributed by atoms with Gasteiger partial charge in [-0.15, -0.1) is 0 Å². The van der Waals surface area contributed by atoms with Gasteiger partial charge in [-0.05, 0) is 44.7 Å². The van der Waals surface area contributed by atoms with Crippen LogP contribution in [0.15, 0.2) is 0 Å². The zero-order valence-electron chi connectivity index (χ0n) is 12.9. The third-order valence-corrected chi connectivity index (χ3v) is 3.60. The number of methoxy groups -OCH3 is 1. The average Bonchev–Trinajstić information content (AvgIpc) is 3.21. The van der Waals surface area contributed by atoms with Crippen LogP contribution >= 0.6 is 0 Å². The van der Waals surface area contributed by atoms with Crippen molar-refractivity contribution in [3.05, 3.63) is 0 Å². The molecule has 1 aliphatic carbocycles. The number of nitrogens with zero attached hydrogens (tertiary/aromatic N) is 1. The van der Waals surface area contributed by atoms with Crippen molar-refractivity contribution in [1.29, 1.82) is 0 Å². The molecule has 19 heavy (non-hydrogen) atoms. The molecular formula is C15H30N2O2. The standard InChI is InChI=1S/C15H30N2O2/c1-5-9-16-14(15(18)19-4)11-17(13-6-7-13)10-8-12(2)3/h12-14,16H,5-11H2,1-4H3. The van der Waals surface area contributed by atoms with Crippen LogP contribution in [0.4, 0.5) is 0 Å². The van der Waals surface area contributed by atoms with Crippen molar-refractivity contribution in [1.82, 2.24) is 10.2 Å². The maximum atomic E-state index is 11.8. The smallest absolute Gasteiger partial charge is 0.324 e. The van der Waals surface area contributed by atoms with Crippen LogP contribution in [0.2, 0.25) is 0 Å². The third-order valence-electron chi connectivity index (χ3n) is 3.60. The molecule has 0 aromatic carbocycles. The molecule has 1 rings (SSSR count). The first-order valence-corrected chi connectivity index (χ1v) is 7.63. The molecule has 0 aromatic heterocycles. The van der Waals surface area contributed by atoms with Crippen molar-refractivity contribution in [3.8, 4) is 0 Å². The van der Waals surface area contributed by atoms with Crippen LogP contribution in [0.5, 0.6) is 0 Å². The normalized spacial score (nSPS) is 16.9. The summed E-state index contributed by atoms with van der Waals surface area (Å²) in [5.74, 6) is 0.574. The molecule has 1 atom stereocenters. The van der Waals surface area contributed by atoms with Crippen LogP contribution in [-0.2, 0) is 9.53 Å². The van der Waals surface area contributed by atoms with Crippen LogP contribution in [-0.4, -0.2) is 49.7 Å². The minimum absolute atomic E-state index is 0.136. The Labute approximate surface area is 117 Å². The Morgan fingerprint density at radius 2 is 2.11 bits per heavy atom. The summed E-state index contributed by atoms with van der Waals surface area (Å²) in [6.07, 6.45) is 4.78. The Morgan fingerprint density at radius 3 is 2.58 bits per heavy atom. The van der Waals surface area contributed by atoms with Crippen LogP contribution < -0.4 is 5.32 Å². The fraction of sp³-hybridized carbons (Fsp3) is 0.933. The Balaban J connectivity index is 2.48. The molecule has 0 aliphatic heterocycles. The molecule has 0 spiro atoms. The zero-order valence-corrected chi connectivity index (χ0v) is 12.9. The lowest BCUT2D eigenvalue weighted by atomic mass is 10.1. The minimum Gasteiger partial charge on any atom is -0.468 e. The topological polar surface area (TPSA) is 41.6 Å². The van der Waals surface area contributed by atoms with E-state index in [4.69, 9.17) is 4.74 Å². The number of carbonyl (C=O) groups excluding carboxylic acids is 1. The molecule has 1 saturated carbocycles. The van der Waals surface area contributed by atoms with Gasteiger partial charge in [-0.1, -0.05) is 20.8 Å². The van der Waals surface area contributed by atoms with Crippen LogP contribution in [0.25, 0.3) is 0 Å². The second-order valence-corrected chi connectivity index (χ2v) is 5.94. The quantitative estimate of drug-likeness (QED) is 0.617. The fourth-order valence-corrected chi connectivity index (χ4v) is 2.20. The molecule has 1 N–H and O–H groups in total. The number of hydrogen-bond acceptors (Lipinski definition) is 4. The molecule has 4 nitrogen and oxygen atoms in total. The van der Waals surface area contributed by atoms with E-state index in [1.165, 1.54) is 26.4 Å². The highest BCUT2D eigenvalue weighted by Crippen LogP contribution is 2.27. The zero-order chi connectivity index (χ0) is 14.3. The van der Waals surface area contributed by atoms with Crippen molar-refractivity contribution in [2.45, 2.75) is 58.5 Å². The number of esters is 1. The molecule has 0 saturated heterocycles. The molecule has 1 aliphatic rings. The lowest BCUT2D eigenvalue weighted by Gasteiger charge is -2.27.